The van der Waals surface area contributed by atoms with Crippen LogP contribution in [0, 0.1) is 11.8 Å². The average molecular weight is 519 g/mol. The normalized spacial score (nSPS) is 23.8. The van der Waals surface area contributed by atoms with Crippen molar-refractivity contribution in [1.29, 1.82) is 0 Å². The summed E-state index contributed by atoms with van der Waals surface area (Å²) in [5.41, 5.74) is 0.833. The molecule has 37 heavy (non-hydrogen) atoms. The van der Waals surface area contributed by atoms with Crippen LogP contribution in [0.15, 0.2) is 18.2 Å². The number of anilines is 1. The summed E-state index contributed by atoms with van der Waals surface area (Å²) in [5, 5.41) is 5.54. The Kier molecular flexibility index (Phi) is 10.6. The number of hydrogen-bond acceptors (Lipinski definition) is 6. The molecule has 1 aromatic rings. The highest BCUT2D eigenvalue weighted by Crippen LogP contribution is 2.27. The van der Waals surface area contributed by atoms with Crippen molar-refractivity contribution in [2.24, 2.45) is 11.8 Å². The Morgan fingerprint density at radius 3 is 2.57 bits per heavy atom. The monoisotopic (exact) mass is 518 g/mol. The van der Waals surface area contributed by atoms with E-state index in [1.807, 2.05) is 25.7 Å². The number of carbonyl (C=O) groups excluding carboxylic acids is 3. The number of likely N-dealkylation sites (N-methyl/N-ethyl adjacent to an activating group) is 1. The molecular formula is C27H42N4O6. The molecule has 1 saturated heterocycles. The maximum atomic E-state index is 13.6. The van der Waals surface area contributed by atoms with Gasteiger partial charge in [-0.2, -0.15) is 0 Å². The van der Waals surface area contributed by atoms with Crippen LogP contribution in [-0.2, 0) is 14.3 Å². The van der Waals surface area contributed by atoms with E-state index in [9.17, 15) is 14.4 Å². The molecule has 2 heterocycles. The third-order valence-corrected chi connectivity index (χ3v) is 7.09. The molecule has 0 spiro atoms. The van der Waals surface area contributed by atoms with E-state index in [1.165, 1.54) is 0 Å². The molecule has 2 aliphatic heterocycles. The number of fused-ring (bicyclic) bond motifs is 1. The van der Waals surface area contributed by atoms with E-state index in [1.54, 1.807) is 37.3 Å². The van der Waals surface area contributed by atoms with Crippen LogP contribution in [0.3, 0.4) is 0 Å². The van der Waals surface area contributed by atoms with Gasteiger partial charge >= 0.3 is 6.03 Å². The lowest BCUT2D eigenvalue weighted by molar-refractivity contribution is -0.142. The predicted molar refractivity (Wildman–Crippen MR) is 141 cm³/mol. The molecule has 1 aromatic carbocycles. The van der Waals surface area contributed by atoms with Crippen molar-refractivity contribution in [2.75, 3.05) is 58.9 Å². The Balaban J connectivity index is 1.90. The lowest BCUT2D eigenvalue weighted by atomic mass is 9.95. The number of carbonyl (C=O) groups is 3. The Hall–Kier alpha value is -2.85. The third kappa shape index (κ3) is 7.58. The molecule has 0 bridgehead atoms. The summed E-state index contributed by atoms with van der Waals surface area (Å²) in [4.78, 5) is 42.7. The fourth-order valence-electron chi connectivity index (χ4n) is 4.75. The topological polar surface area (TPSA) is 109 Å². The van der Waals surface area contributed by atoms with Gasteiger partial charge in [0.25, 0.3) is 5.91 Å². The lowest BCUT2D eigenvalue weighted by Gasteiger charge is -2.38. The van der Waals surface area contributed by atoms with Crippen LogP contribution < -0.4 is 15.4 Å². The number of rotatable bonds is 5. The van der Waals surface area contributed by atoms with E-state index in [0.717, 1.165) is 6.42 Å². The smallest absolute Gasteiger partial charge is 0.319 e. The largest absolute Gasteiger partial charge is 0.491 e. The average Bonchev–Trinajstić information content (AvgIpc) is 2.91. The van der Waals surface area contributed by atoms with Crippen LogP contribution in [-0.4, -0.2) is 93.4 Å². The van der Waals surface area contributed by atoms with Crippen LogP contribution in [0.4, 0.5) is 10.5 Å². The van der Waals surface area contributed by atoms with Crippen LogP contribution in [0.1, 0.15) is 50.4 Å². The molecular weight excluding hydrogens is 476 g/mol. The summed E-state index contributed by atoms with van der Waals surface area (Å²) in [5.74, 6) is 0.205. The molecule has 1 fully saturated rings. The van der Waals surface area contributed by atoms with Crippen LogP contribution in [0.25, 0.3) is 0 Å². The molecule has 3 rings (SSSR count). The summed E-state index contributed by atoms with van der Waals surface area (Å²) < 4.78 is 17.4. The zero-order valence-electron chi connectivity index (χ0n) is 22.7. The van der Waals surface area contributed by atoms with Crippen LogP contribution >= 0.6 is 0 Å². The van der Waals surface area contributed by atoms with Gasteiger partial charge in [-0.15, -0.1) is 0 Å². The van der Waals surface area contributed by atoms with Gasteiger partial charge in [-0.05, 0) is 44.4 Å². The fourth-order valence-corrected chi connectivity index (χ4v) is 4.75. The second-order valence-electron chi connectivity index (χ2n) is 10.1. The molecule has 0 unspecified atom stereocenters. The van der Waals surface area contributed by atoms with E-state index in [4.69, 9.17) is 14.2 Å². The molecule has 206 valence electrons. The second-order valence-corrected chi connectivity index (χ2v) is 10.1. The van der Waals surface area contributed by atoms with Crippen molar-refractivity contribution in [2.45, 2.75) is 52.2 Å². The highest BCUT2D eigenvalue weighted by atomic mass is 16.5. The number of methoxy groups -OCH3 is 1. The lowest BCUT2D eigenvalue weighted by Crippen LogP contribution is -2.50. The minimum Gasteiger partial charge on any atom is -0.491 e. The predicted octanol–water partition coefficient (Wildman–Crippen LogP) is 2.98. The third-order valence-electron chi connectivity index (χ3n) is 7.09. The van der Waals surface area contributed by atoms with Crippen molar-refractivity contribution in [3.63, 3.8) is 0 Å². The molecule has 0 saturated carbocycles. The second kappa shape index (κ2) is 13.6. The maximum Gasteiger partial charge on any atom is 0.319 e. The number of urea groups is 1. The highest BCUT2D eigenvalue weighted by molar-refractivity contribution is 5.99. The summed E-state index contributed by atoms with van der Waals surface area (Å²) in [7, 11) is 3.35. The minimum atomic E-state index is -0.333. The molecule has 0 radical (unpaired) electrons. The first-order valence-electron chi connectivity index (χ1n) is 13.2. The Morgan fingerprint density at radius 1 is 1.16 bits per heavy atom. The van der Waals surface area contributed by atoms with Crippen molar-refractivity contribution in [3.8, 4) is 5.75 Å². The van der Waals surface area contributed by atoms with Crippen molar-refractivity contribution < 1.29 is 28.6 Å². The Bertz CT molecular complexity index is 935. The highest BCUT2D eigenvalue weighted by Gasteiger charge is 2.33. The maximum absolute atomic E-state index is 13.6. The molecule has 10 heteroatoms. The first kappa shape index (κ1) is 28.7. The number of amides is 4. The molecule has 0 aromatic heterocycles. The Labute approximate surface area is 220 Å². The van der Waals surface area contributed by atoms with E-state index in [-0.39, 0.29) is 48.4 Å². The first-order valence-corrected chi connectivity index (χ1v) is 13.2. The van der Waals surface area contributed by atoms with Crippen LogP contribution in [0.2, 0.25) is 0 Å². The zero-order chi connectivity index (χ0) is 26.9. The van der Waals surface area contributed by atoms with E-state index in [0.29, 0.717) is 62.7 Å². The molecule has 2 aliphatic rings. The Morgan fingerprint density at radius 2 is 1.89 bits per heavy atom. The summed E-state index contributed by atoms with van der Waals surface area (Å²) in [6.45, 7) is 8.81. The number of benzene rings is 1. The molecule has 0 aliphatic carbocycles. The van der Waals surface area contributed by atoms with Crippen molar-refractivity contribution >= 4 is 23.5 Å². The number of ether oxygens (including phenoxy) is 3. The molecule has 4 amide bonds. The van der Waals surface area contributed by atoms with Gasteiger partial charge in [0.2, 0.25) is 5.91 Å². The van der Waals surface area contributed by atoms with E-state index in [2.05, 4.69) is 10.6 Å². The number of nitrogens with one attached hydrogen (secondary N) is 2. The van der Waals surface area contributed by atoms with Crippen molar-refractivity contribution in [3.05, 3.63) is 23.8 Å². The van der Waals surface area contributed by atoms with Gasteiger partial charge < -0.3 is 34.6 Å². The van der Waals surface area contributed by atoms with Gasteiger partial charge in [0.1, 0.15) is 12.4 Å². The van der Waals surface area contributed by atoms with Crippen molar-refractivity contribution in [1.82, 2.24) is 15.1 Å². The van der Waals surface area contributed by atoms with Gasteiger partial charge in [0.15, 0.2) is 0 Å². The minimum absolute atomic E-state index is 0.0133. The van der Waals surface area contributed by atoms with Gasteiger partial charge in [-0.25, -0.2) is 4.79 Å². The molecule has 3 atom stereocenters. The number of nitrogens with zero attached hydrogens (tertiary/aromatic N) is 2. The summed E-state index contributed by atoms with van der Waals surface area (Å²) >= 11 is 0. The zero-order valence-corrected chi connectivity index (χ0v) is 22.7. The summed E-state index contributed by atoms with van der Waals surface area (Å²) in [6.07, 6.45) is 1.98. The van der Waals surface area contributed by atoms with E-state index >= 15 is 0 Å². The summed E-state index contributed by atoms with van der Waals surface area (Å²) in [6, 6.07) is 4.48. The molecule has 10 nitrogen and oxygen atoms in total. The van der Waals surface area contributed by atoms with E-state index < -0.39 is 0 Å². The van der Waals surface area contributed by atoms with Gasteiger partial charge in [-0.1, -0.05) is 13.8 Å². The standard InChI is InChI=1S/C27H42N4O6/c1-6-11-28-27(34)29-21-7-8-23-22(14-21)26(33)30(4)16-24(35-5)18(2)15-31(19(3)17-37-23)25(32)20-9-12-36-13-10-20/h7-8,14,18-20,24H,6,9-13,15-17H2,1-5H3,(H2,28,29,34)/t18-,19-,24-/m1/s1. The van der Waals surface area contributed by atoms with Gasteiger partial charge in [0.05, 0.1) is 17.7 Å². The van der Waals surface area contributed by atoms with Crippen LogP contribution in [0.5, 0.6) is 5.75 Å². The quantitative estimate of drug-likeness (QED) is 0.620. The van der Waals surface area contributed by atoms with Gasteiger partial charge in [-0.3, -0.25) is 9.59 Å². The first-order chi connectivity index (χ1) is 17.7. The fraction of sp³-hybridized carbons (Fsp3) is 0.667. The van der Waals surface area contributed by atoms with Gasteiger partial charge in [0, 0.05) is 64.5 Å². The number of hydrogen-bond donors (Lipinski definition) is 2. The molecule has 2 N–H and O–H groups in total. The SMILES string of the molecule is CCCNC(=O)Nc1ccc2c(c1)C(=O)N(C)C[C@@H](OC)[C@H](C)CN(C(=O)C1CCOCC1)[C@H](C)CO2.